The molecule has 8 heteroatoms. The minimum absolute atomic E-state index is 0.133. The van der Waals surface area contributed by atoms with Crippen LogP contribution in [0.15, 0.2) is 18.2 Å². The average Bonchev–Trinajstić information content (AvgIpc) is 2.47. The zero-order valence-electron chi connectivity index (χ0n) is 12.7. The second-order valence-electron chi connectivity index (χ2n) is 5.47. The molecule has 1 aliphatic rings. The lowest BCUT2D eigenvalue weighted by Crippen LogP contribution is -2.48. The van der Waals surface area contributed by atoms with Crippen molar-refractivity contribution < 1.29 is 27.1 Å². The highest BCUT2D eigenvalue weighted by Crippen LogP contribution is 2.19. The minimum Gasteiger partial charge on any atom is -0.465 e. The summed E-state index contributed by atoms with van der Waals surface area (Å²) < 4.78 is 55.3. The molecular weight excluding hydrogens is 316 g/mol. The van der Waals surface area contributed by atoms with Crippen LogP contribution in [0.5, 0.6) is 0 Å². The van der Waals surface area contributed by atoms with E-state index >= 15 is 0 Å². The Morgan fingerprint density at radius 2 is 1.78 bits per heavy atom. The Bertz CT molecular complexity index is 555. The Hall–Kier alpha value is -1.67. The van der Waals surface area contributed by atoms with Crippen LogP contribution in [0.2, 0.25) is 0 Å². The van der Waals surface area contributed by atoms with E-state index < -0.39 is 24.5 Å². The van der Waals surface area contributed by atoms with Gasteiger partial charge >= 0.3 is 12.1 Å². The fourth-order valence-corrected chi connectivity index (χ4v) is 2.55. The Labute approximate surface area is 131 Å². The van der Waals surface area contributed by atoms with Crippen molar-refractivity contribution in [1.82, 2.24) is 9.80 Å². The smallest absolute Gasteiger partial charge is 0.401 e. The van der Waals surface area contributed by atoms with Crippen LogP contribution >= 0.6 is 0 Å². The lowest BCUT2D eigenvalue weighted by atomic mass is 10.1. The largest absolute Gasteiger partial charge is 0.465 e. The SMILES string of the molecule is COC(=O)c1ccc(CN2CCN(CC(F)(F)F)CC2)cc1F. The monoisotopic (exact) mass is 334 g/mol. The topological polar surface area (TPSA) is 32.8 Å². The molecule has 0 N–H and O–H groups in total. The van der Waals surface area contributed by atoms with Crippen molar-refractivity contribution in [3.63, 3.8) is 0 Å². The van der Waals surface area contributed by atoms with E-state index in [4.69, 9.17) is 0 Å². The Kier molecular flexibility index (Phi) is 5.59. The molecule has 1 heterocycles. The zero-order valence-corrected chi connectivity index (χ0v) is 12.7. The van der Waals surface area contributed by atoms with Crippen LogP contribution in [0.3, 0.4) is 0 Å². The first-order chi connectivity index (χ1) is 10.8. The van der Waals surface area contributed by atoms with E-state index in [1.54, 1.807) is 6.07 Å². The number of benzene rings is 1. The third-order valence-corrected chi connectivity index (χ3v) is 3.71. The fourth-order valence-electron chi connectivity index (χ4n) is 2.55. The predicted octanol–water partition coefficient (Wildman–Crippen LogP) is 2.29. The van der Waals surface area contributed by atoms with Crippen molar-refractivity contribution in [3.05, 3.63) is 35.1 Å². The normalized spacial score (nSPS) is 17.3. The molecule has 1 fully saturated rings. The molecular formula is C15H18F4N2O2. The van der Waals surface area contributed by atoms with Crippen LogP contribution in [0.4, 0.5) is 17.6 Å². The molecule has 0 bridgehead atoms. The van der Waals surface area contributed by atoms with Crippen molar-refractivity contribution in [2.75, 3.05) is 39.8 Å². The van der Waals surface area contributed by atoms with E-state index in [0.29, 0.717) is 38.3 Å². The molecule has 1 aromatic rings. The van der Waals surface area contributed by atoms with Gasteiger partial charge in [-0.2, -0.15) is 13.2 Å². The summed E-state index contributed by atoms with van der Waals surface area (Å²) in [6.07, 6.45) is -4.19. The lowest BCUT2D eigenvalue weighted by molar-refractivity contribution is -0.149. The molecule has 23 heavy (non-hydrogen) atoms. The highest BCUT2D eigenvalue weighted by molar-refractivity contribution is 5.89. The number of methoxy groups -OCH3 is 1. The number of hydrogen-bond acceptors (Lipinski definition) is 4. The number of rotatable bonds is 4. The van der Waals surface area contributed by atoms with Crippen molar-refractivity contribution in [2.45, 2.75) is 12.7 Å². The number of hydrogen-bond donors (Lipinski definition) is 0. The standard InChI is InChI=1S/C15H18F4N2O2/c1-23-14(22)12-3-2-11(8-13(12)16)9-20-4-6-21(7-5-20)10-15(17,18)19/h2-3,8H,4-7,9-10H2,1H3. The highest BCUT2D eigenvalue weighted by Gasteiger charge is 2.32. The number of esters is 1. The quantitative estimate of drug-likeness (QED) is 0.625. The summed E-state index contributed by atoms with van der Waals surface area (Å²) in [5.74, 6) is -1.40. The molecule has 4 nitrogen and oxygen atoms in total. The maximum Gasteiger partial charge on any atom is 0.401 e. The Morgan fingerprint density at radius 3 is 2.30 bits per heavy atom. The van der Waals surface area contributed by atoms with E-state index in [9.17, 15) is 22.4 Å². The van der Waals surface area contributed by atoms with Crippen LogP contribution in [0.1, 0.15) is 15.9 Å². The first-order valence-electron chi connectivity index (χ1n) is 7.16. The first-order valence-corrected chi connectivity index (χ1v) is 7.16. The molecule has 0 radical (unpaired) electrons. The molecule has 2 rings (SSSR count). The Morgan fingerprint density at radius 1 is 1.17 bits per heavy atom. The van der Waals surface area contributed by atoms with E-state index in [0.717, 1.165) is 0 Å². The van der Waals surface area contributed by atoms with E-state index in [2.05, 4.69) is 4.74 Å². The lowest BCUT2D eigenvalue weighted by Gasteiger charge is -2.35. The number of ether oxygens (including phenoxy) is 1. The van der Waals surface area contributed by atoms with Gasteiger partial charge in [-0.1, -0.05) is 6.07 Å². The third-order valence-electron chi connectivity index (χ3n) is 3.71. The van der Waals surface area contributed by atoms with Gasteiger partial charge in [-0.25, -0.2) is 9.18 Å². The van der Waals surface area contributed by atoms with Crippen LogP contribution in [-0.2, 0) is 11.3 Å². The van der Waals surface area contributed by atoms with Crippen molar-refractivity contribution >= 4 is 5.97 Å². The van der Waals surface area contributed by atoms with Crippen molar-refractivity contribution in [1.29, 1.82) is 0 Å². The van der Waals surface area contributed by atoms with Gasteiger partial charge in [0.1, 0.15) is 5.82 Å². The molecule has 0 spiro atoms. The summed E-state index contributed by atoms with van der Waals surface area (Å²) in [7, 11) is 1.18. The predicted molar refractivity (Wildman–Crippen MR) is 75.5 cm³/mol. The molecule has 0 aromatic heterocycles. The first kappa shape index (κ1) is 17.7. The van der Waals surface area contributed by atoms with Crippen LogP contribution in [0, 0.1) is 5.82 Å². The maximum absolute atomic E-state index is 13.8. The van der Waals surface area contributed by atoms with Crippen LogP contribution in [0.25, 0.3) is 0 Å². The minimum atomic E-state index is -4.19. The van der Waals surface area contributed by atoms with Gasteiger partial charge in [-0.05, 0) is 17.7 Å². The van der Waals surface area contributed by atoms with Gasteiger partial charge in [-0.15, -0.1) is 0 Å². The Balaban J connectivity index is 1.89. The summed E-state index contributed by atoms with van der Waals surface area (Å²) in [5.41, 5.74) is 0.533. The van der Waals surface area contributed by atoms with E-state index in [1.165, 1.54) is 24.1 Å². The highest BCUT2D eigenvalue weighted by atomic mass is 19.4. The molecule has 0 aliphatic carbocycles. The number of nitrogens with zero attached hydrogens (tertiary/aromatic N) is 2. The molecule has 0 amide bonds. The summed E-state index contributed by atoms with van der Waals surface area (Å²) in [6.45, 7) is 1.14. The number of carbonyl (C=O) groups is 1. The van der Waals surface area contributed by atoms with Gasteiger partial charge in [0, 0.05) is 32.7 Å². The van der Waals surface area contributed by atoms with Gasteiger partial charge in [0.2, 0.25) is 0 Å². The van der Waals surface area contributed by atoms with Crippen LogP contribution < -0.4 is 0 Å². The number of alkyl halides is 3. The van der Waals surface area contributed by atoms with E-state index in [-0.39, 0.29) is 5.56 Å². The molecule has 1 aliphatic heterocycles. The van der Waals surface area contributed by atoms with Gasteiger partial charge in [-0.3, -0.25) is 9.80 Å². The molecule has 1 aromatic carbocycles. The van der Waals surface area contributed by atoms with Gasteiger partial charge in [0.05, 0.1) is 19.2 Å². The van der Waals surface area contributed by atoms with Gasteiger partial charge in [0.15, 0.2) is 0 Å². The number of halogens is 4. The van der Waals surface area contributed by atoms with Crippen LogP contribution in [-0.4, -0.2) is 61.8 Å². The molecule has 0 unspecified atom stereocenters. The summed E-state index contributed by atoms with van der Waals surface area (Å²) in [6, 6.07) is 4.24. The van der Waals surface area contributed by atoms with Gasteiger partial charge < -0.3 is 4.74 Å². The summed E-state index contributed by atoms with van der Waals surface area (Å²) in [4.78, 5) is 14.6. The van der Waals surface area contributed by atoms with Crippen molar-refractivity contribution in [2.24, 2.45) is 0 Å². The third kappa shape index (κ3) is 5.18. The molecule has 0 saturated carbocycles. The molecule has 1 saturated heterocycles. The summed E-state index contributed by atoms with van der Waals surface area (Å²) in [5, 5.41) is 0. The number of carbonyl (C=O) groups excluding carboxylic acids is 1. The second-order valence-corrected chi connectivity index (χ2v) is 5.47. The van der Waals surface area contributed by atoms with E-state index in [1.807, 2.05) is 4.90 Å². The summed E-state index contributed by atoms with van der Waals surface area (Å²) >= 11 is 0. The fraction of sp³-hybridized carbons (Fsp3) is 0.533. The molecule has 128 valence electrons. The number of piperazine rings is 1. The van der Waals surface area contributed by atoms with Crippen molar-refractivity contribution in [3.8, 4) is 0 Å². The average molecular weight is 334 g/mol. The zero-order chi connectivity index (χ0) is 17.0. The second kappa shape index (κ2) is 7.27. The molecule has 0 atom stereocenters. The maximum atomic E-state index is 13.8. The van der Waals surface area contributed by atoms with Gasteiger partial charge in [0.25, 0.3) is 0 Å².